The predicted octanol–water partition coefficient (Wildman–Crippen LogP) is 4.01. The summed E-state index contributed by atoms with van der Waals surface area (Å²) in [6.07, 6.45) is -3.93. The van der Waals surface area contributed by atoms with E-state index in [9.17, 15) is 22.2 Å². The molecule has 4 rings (SSSR count). The van der Waals surface area contributed by atoms with Crippen molar-refractivity contribution in [2.75, 3.05) is 12.4 Å². The van der Waals surface area contributed by atoms with Gasteiger partial charge in [0, 0.05) is 12.0 Å². The molecule has 160 valence electrons. The first-order valence-electron chi connectivity index (χ1n) is 8.93. The zero-order valence-corrected chi connectivity index (χ0v) is 16.9. The first-order chi connectivity index (χ1) is 14.1. The number of carbonyl (C=O) groups is 1. The summed E-state index contributed by atoms with van der Waals surface area (Å²) in [5.74, 6) is 5.49. The number of benzene rings is 2. The van der Waals surface area contributed by atoms with Crippen LogP contribution in [0, 0.1) is 5.92 Å². The lowest BCUT2D eigenvalue weighted by Gasteiger charge is -2.29. The molecule has 2 N–H and O–H groups in total. The van der Waals surface area contributed by atoms with E-state index in [2.05, 4.69) is 0 Å². The minimum atomic E-state index is -4.50. The maximum Gasteiger partial charge on any atom is 0.416 e. The highest BCUT2D eigenvalue weighted by Crippen LogP contribution is 2.43. The lowest BCUT2D eigenvalue weighted by Crippen LogP contribution is -2.36. The number of halogens is 4. The van der Waals surface area contributed by atoms with E-state index in [1.807, 2.05) is 0 Å². The summed E-state index contributed by atoms with van der Waals surface area (Å²) in [4.78, 5) is 12.3. The van der Waals surface area contributed by atoms with E-state index < -0.39 is 28.6 Å². The Labute approximate surface area is 177 Å². The van der Waals surface area contributed by atoms with E-state index in [0.717, 1.165) is 28.2 Å². The zero-order valence-electron chi connectivity index (χ0n) is 15.3. The van der Waals surface area contributed by atoms with Crippen molar-refractivity contribution in [2.45, 2.75) is 18.5 Å². The lowest BCUT2D eigenvalue weighted by molar-refractivity contribution is -0.137. The smallest absolute Gasteiger partial charge is 0.416 e. The topological polar surface area (TPSA) is 81.9 Å². The minimum absolute atomic E-state index is 0.0668. The molecule has 6 nitrogen and oxygen atoms in total. The Hall–Kier alpha value is -2.30. The molecule has 2 aromatic rings. The Balaban J connectivity index is 1.58. The third-order valence-electron chi connectivity index (χ3n) is 5.12. The van der Waals surface area contributed by atoms with Crippen molar-refractivity contribution in [1.82, 2.24) is 4.41 Å². The van der Waals surface area contributed by atoms with Gasteiger partial charge in [0.25, 0.3) is 5.91 Å². The van der Waals surface area contributed by atoms with Crippen molar-refractivity contribution in [3.63, 3.8) is 0 Å². The normalized spacial score (nSPS) is 23.8. The molecule has 3 atom stereocenters. The molecular formula is C19H16ClF3N2O4S. The van der Waals surface area contributed by atoms with E-state index >= 15 is 0 Å². The third kappa shape index (κ3) is 3.86. The molecule has 11 heteroatoms. The van der Waals surface area contributed by atoms with Gasteiger partial charge in [0.05, 0.1) is 28.9 Å². The van der Waals surface area contributed by atoms with Gasteiger partial charge >= 0.3 is 6.18 Å². The molecule has 2 aliphatic heterocycles. The molecule has 0 spiro atoms. The van der Waals surface area contributed by atoms with Crippen molar-refractivity contribution >= 4 is 28.5 Å². The van der Waals surface area contributed by atoms with Gasteiger partial charge in [-0.3, -0.25) is 4.79 Å². The fraction of sp³-hybridized carbons (Fsp3) is 0.316. The van der Waals surface area contributed by atoms with Crippen molar-refractivity contribution in [3.8, 4) is 17.2 Å². The Bertz CT molecular complexity index is 1030. The van der Waals surface area contributed by atoms with E-state index in [4.69, 9.17) is 26.9 Å². The van der Waals surface area contributed by atoms with Crippen LogP contribution < -0.4 is 15.3 Å². The number of hydrazine groups is 1. The number of alkyl halides is 3. The molecule has 30 heavy (non-hydrogen) atoms. The van der Waals surface area contributed by atoms with E-state index in [-0.39, 0.29) is 28.4 Å². The molecule has 2 aromatic carbocycles. The summed E-state index contributed by atoms with van der Waals surface area (Å²) < 4.78 is 62.3. The highest BCUT2D eigenvalue weighted by atomic mass is 35.5. The lowest BCUT2D eigenvalue weighted by atomic mass is 9.82. The van der Waals surface area contributed by atoms with Crippen LogP contribution in [0.25, 0.3) is 0 Å². The Kier molecular flexibility index (Phi) is 5.41. The van der Waals surface area contributed by atoms with Crippen molar-refractivity contribution in [3.05, 3.63) is 52.5 Å². The Morgan fingerprint density at radius 2 is 1.97 bits per heavy atom. The number of rotatable bonds is 3. The van der Waals surface area contributed by atoms with E-state index in [1.165, 1.54) is 0 Å². The van der Waals surface area contributed by atoms with Gasteiger partial charge < -0.3 is 9.47 Å². The third-order valence-corrected chi connectivity index (χ3v) is 6.68. The van der Waals surface area contributed by atoms with Crippen molar-refractivity contribution < 1.29 is 31.6 Å². The fourth-order valence-corrected chi connectivity index (χ4v) is 5.02. The number of ether oxygens (including phenoxy) is 2. The maximum atomic E-state index is 12.8. The van der Waals surface area contributed by atoms with Gasteiger partial charge in [-0.1, -0.05) is 17.7 Å². The van der Waals surface area contributed by atoms with Crippen LogP contribution >= 0.6 is 11.6 Å². The van der Waals surface area contributed by atoms with Gasteiger partial charge in [0.2, 0.25) is 0 Å². The van der Waals surface area contributed by atoms with Crippen LogP contribution in [-0.4, -0.2) is 26.9 Å². The standard InChI is InChI=1S/C19H16ClF3N2O4S/c20-15-7-10(19(21,22)23)1-4-16(15)29-11-2-3-13-12(5-6-28-17(13)8-11)14-9-30(27)25(24)18(14)26/h1-4,7-8,12,14H,5-6,9,24H2. The molecule has 0 saturated carbocycles. The number of fused-ring (bicyclic) bond motifs is 1. The van der Waals surface area contributed by atoms with E-state index in [0.29, 0.717) is 24.5 Å². The average molecular weight is 461 g/mol. The summed E-state index contributed by atoms with van der Waals surface area (Å²) in [6.45, 7) is 0.350. The minimum Gasteiger partial charge on any atom is -0.493 e. The first-order valence-corrected chi connectivity index (χ1v) is 10.6. The monoisotopic (exact) mass is 460 g/mol. The van der Waals surface area contributed by atoms with Gasteiger partial charge in [0.1, 0.15) is 28.2 Å². The quantitative estimate of drug-likeness (QED) is 0.553. The summed E-state index contributed by atoms with van der Waals surface area (Å²) in [6, 6.07) is 7.76. The predicted molar refractivity (Wildman–Crippen MR) is 103 cm³/mol. The van der Waals surface area contributed by atoms with Gasteiger partial charge in [-0.25, -0.2) is 10.1 Å². The van der Waals surface area contributed by atoms with Crippen molar-refractivity contribution in [1.29, 1.82) is 0 Å². The number of hydrogen-bond acceptors (Lipinski definition) is 5. The molecule has 1 fully saturated rings. The fourth-order valence-electron chi connectivity index (χ4n) is 3.62. The second-order valence-corrected chi connectivity index (χ2v) is 8.72. The molecule has 1 amide bonds. The average Bonchev–Trinajstić information content (AvgIpc) is 2.95. The summed E-state index contributed by atoms with van der Waals surface area (Å²) in [5.41, 5.74) is -0.109. The molecule has 2 heterocycles. The Morgan fingerprint density at radius 1 is 1.20 bits per heavy atom. The largest absolute Gasteiger partial charge is 0.493 e. The van der Waals surface area contributed by atoms with E-state index in [1.54, 1.807) is 18.2 Å². The van der Waals surface area contributed by atoms with Crippen LogP contribution in [0.15, 0.2) is 36.4 Å². The first kappa shape index (κ1) is 21.0. The van der Waals surface area contributed by atoms with Crippen LogP contribution in [0.5, 0.6) is 17.2 Å². The van der Waals surface area contributed by atoms with Gasteiger partial charge in [-0.15, -0.1) is 0 Å². The number of carbonyl (C=O) groups excluding carboxylic acids is 1. The number of hydrogen-bond donors (Lipinski definition) is 1. The highest BCUT2D eigenvalue weighted by Gasteiger charge is 2.43. The molecule has 1 saturated heterocycles. The van der Waals surface area contributed by atoms with Gasteiger partial charge in [0.15, 0.2) is 0 Å². The van der Waals surface area contributed by atoms with Crippen LogP contribution in [-0.2, 0) is 22.0 Å². The van der Waals surface area contributed by atoms with Crippen molar-refractivity contribution in [2.24, 2.45) is 11.8 Å². The zero-order chi connectivity index (χ0) is 21.6. The highest BCUT2D eigenvalue weighted by molar-refractivity contribution is 7.83. The second kappa shape index (κ2) is 7.75. The van der Waals surface area contributed by atoms with Crippen LogP contribution in [0.3, 0.4) is 0 Å². The molecule has 0 aromatic heterocycles. The van der Waals surface area contributed by atoms with Gasteiger partial charge in [-0.2, -0.15) is 17.6 Å². The summed E-state index contributed by atoms with van der Waals surface area (Å²) >= 11 is 5.94. The Morgan fingerprint density at radius 3 is 2.60 bits per heavy atom. The number of amides is 1. The molecule has 0 aliphatic carbocycles. The summed E-state index contributed by atoms with van der Waals surface area (Å²) in [5, 5.41) is -0.177. The molecule has 0 radical (unpaired) electrons. The van der Waals surface area contributed by atoms with Crippen LogP contribution in [0.2, 0.25) is 5.02 Å². The molecule has 2 aliphatic rings. The number of nitrogens with zero attached hydrogens (tertiary/aromatic N) is 1. The maximum absolute atomic E-state index is 12.8. The summed E-state index contributed by atoms with van der Waals surface area (Å²) in [7, 11) is -1.55. The molecular weight excluding hydrogens is 445 g/mol. The molecule has 3 unspecified atom stereocenters. The second-order valence-electron chi connectivity index (χ2n) is 6.95. The molecule has 0 bridgehead atoms. The van der Waals surface area contributed by atoms with Crippen LogP contribution in [0.1, 0.15) is 23.5 Å². The number of nitrogens with two attached hydrogens (primary N) is 1. The van der Waals surface area contributed by atoms with Crippen LogP contribution in [0.4, 0.5) is 13.2 Å². The SMILES string of the molecule is NN1C(=O)C(C2CCOc3cc(Oc4ccc(C(F)(F)F)cc4Cl)ccc32)CS1=O. The van der Waals surface area contributed by atoms with Gasteiger partial charge in [-0.05, 0) is 36.2 Å².